The first-order chi connectivity index (χ1) is 13.6. The highest BCUT2D eigenvalue weighted by molar-refractivity contribution is 7.18. The molecule has 3 fully saturated rings. The van der Waals surface area contributed by atoms with Crippen molar-refractivity contribution in [2.75, 3.05) is 18.0 Å². The molecule has 9 heteroatoms. The summed E-state index contributed by atoms with van der Waals surface area (Å²) in [4.78, 5) is 26.7. The molecule has 4 heterocycles. The number of carbonyl (C=O) groups is 1. The molecule has 1 saturated carbocycles. The number of anilines is 1. The number of piperazine rings is 1. The first-order valence-electron chi connectivity index (χ1n) is 10.1. The van der Waals surface area contributed by atoms with E-state index in [0.29, 0.717) is 17.8 Å². The summed E-state index contributed by atoms with van der Waals surface area (Å²) in [6.07, 6.45) is 7.19. The van der Waals surface area contributed by atoms with Crippen molar-refractivity contribution in [3.63, 3.8) is 0 Å². The Hall–Kier alpha value is -2.03. The van der Waals surface area contributed by atoms with Crippen LogP contribution in [0, 0.1) is 5.92 Å². The molecular formula is C19H24FN5O2S. The highest BCUT2D eigenvalue weighted by Crippen LogP contribution is 2.39. The predicted octanol–water partition coefficient (Wildman–Crippen LogP) is 3.59. The van der Waals surface area contributed by atoms with Gasteiger partial charge >= 0.3 is 0 Å². The zero-order valence-corrected chi connectivity index (χ0v) is 16.7. The van der Waals surface area contributed by atoms with Crippen LogP contribution in [-0.2, 0) is 4.79 Å². The molecule has 0 radical (unpaired) electrons. The van der Waals surface area contributed by atoms with Gasteiger partial charge in [0.25, 0.3) is 5.89 Å². The van der Waals surface area contributed by atoms with Gasteiger partial charge in [-0.25, -0.2) is 9.37 Å². The number of halogens is 1. The van der Waals surface area contributed by atoms with Crippen LogP contribution in [0.2, 0.25) is 0 Å². The number of aromatic nitrogens is 3. The summed E-state index contributed by atoms with van der Waals surface area (Å²) >= 11 is 1.49. The second-order valence-corrected chi connectivity index (χ2v) is 9.11. The van der Waals surface area contributed by atoms with Crippen LogP contribution in [0.5, 0.6) is 0 Å². The van der Waals surface area contributed by atoms with E-state index in [-0.39, 0.29) is 17.9 Å². The molecule has 2 saturated heterocycles. The summed E-state index contributed by atoms with van der Waals surface area (Å²) in [7, 11) is 0. The van der Waals surface area contributed by atoms with Gasteiger partial charge in [0.05, 0.1) is 23.2 Å². The molecule has 3 aliphatic rings. The number of carbonyl (C=O) groups excluding carboxylic acids is 1. The third kappa shape index (κ3) is 3.09. The largest absolute Gasteiger partial charge is 0.341 e. The molecular weight excluding hydrogens is 381 g/mol. The Balaban J connectivity index is 1.26. The molecule has 28 heavy (non-hydrogen) atoms. The summed E-state index contributed by atoms with van der Waals surface area (Å²) in [5, 5.41) is 4.76. The van der Waals surface area contributed by atoms with Gasteiger partial charge in [-0.3, -0.25) is 4.79 Å². The summed E-state index contributed by atoms with van der Waals surface area (Å²) in [5.41, 5.74) is 0. The van der Waals surface area contributed by atoms with E-state index in [1.165, 1.54) is 37.5 Å². The molecule has 2 aromatic heterocycles. The molecule has 0 spiro atoms. The van der Waals surface area contributed by atoms with Crippen LogP contribution in [0.25, 0.3) is 10.7 Å². The number of fused-ring (bicyclic) bond motifs is 2. The highest BCUT2D eigenvalue weighted by atomic mass is 32.1. The van der Waals surface area contributed by atoms with Crippen molar-refractivity contribution >= 4 is 22.4 Å². The molecule has 2 aromatic rings. The highest BCUT2D eigenvalue weighted by Gasteiger charge is 2.47. The molecule has 5 rings (SSSR count). The van der Waals surface area contributed by atoms with Crippen LogP contribution in [0.3, 0.4) is 0 Å². The lowest BCUT2D eigenvalue weighted by Crippen LogP contribution is -2.50. The number of rotatable bonds is 4. The van der Waals surface area contributed by atoms with E-state index in [2.05, 4.69) is 24.9 Å². The fraction of sp³-hybridized carbons (Fsp3) is 0.684. The number of likely N-dealkylation sites (tertiary alicyclic amines) is 1. The summed E-state index contributed by atoms with van der Waals surface area (Å²) in [5.74, 6) is 0.966. The topological polar surface area (TPSA) is 75.4 Å². The second kappa shape index (κ2) is 7.09. The van der Waals surface area contributed by atoms with Crippen LogP contribution in [0.15, 0.2) is 10.7 Å². The van der Waals surface area contributed by atoms with E-state index in [1.54, 1.807) is 6.20 Å². The van der Waals surface area contributed by atoms with Crippen LogP contribution in [0.4, 0.5) is 9.52 Å². The minimum absolute atomic E-state index is 0.0120. The summed E-state index contributed by atoms with van der Waals surface area (Å²) < 4.78 is 18.3. The van der Waals surface area contributed by atoms with Crippen molar-refractivity contribution in [2.24, 2.45) is 5.92 Å². The van der Waals surface area contributed by atoms with Gasteiger partial charge in [0.2, 0.25) is 11.7 Å². The minimum atomic E-state index is -1.28. The van der Waals surface area contributed by atoms with E-state index in [9.17, 15) is 9.18 Å². The van der Waals surface area contributed by atoms with Crippen LogP contribution in [-0.4, -0.2) is 51.1 Å². The van der Waals surface area contributed by atoms with Crippen LogP contribution in [0.1, 0.15) is 57.5 Å². The number of alkyl halides is 1. The summed E-state index contributed by atoms with van der Waals surface area (Å²) in [6, 6.07) is 0.610. The lowest BCUT2D eigenvalue weighted by atomic mass is 9.88. The number of thiazole rings is 1. The normalized spacial score (nSPS) is 26.2. The van der Waals surface area contributed by atoms with Crippen molar-refractivity contribution in [3.05, 3.63) is 12.1 Å². The Morgan fingerprint density at radius 2 is 2.11 bits per heavy atom. The number of amides is 1. The Morgan fingerprint density at radius 3 is 2.79 bits per heavy atom. The van der Waals surface area contributed by atoms with Gasteiger partial charge in [0, 0.05) is 19.0 Å². The van der Waals surface area contributed by atoms with Gasteiger partial charge in [-0.05, 0) is 26.2 Å². The van der Waals surface area contributed by atoms with Crippen LogP contribution < -0.4 is 4.90 Å². The molecule has 1 aliphatic carbocycles. The zero-order valence-electron chi connectivity index (χ0n) is 15.9. The van der Waals surface area contributed by atoms with Crippen molar-refractivity contribution in [1.82, 2.24) is 20.0 Å². The van der Waals surface area contributed by atoms with Gasteiger partial charge in [0.1, 0.15) is 0 Å². The Morgan fingerprint density at radius 1 is 1.29 bits per heavy atom. The van der Waals surface area contributed by atoms with Crippen molar-refractivity contribution < 1.29 is 13.7 Å². The SMILES string of the molecule is CC(F)c1nc(-c2cnc(N3CC4CC3CN4C(=O)C3CCCCC3)s2)no1. The maximum atomic E-state index is 13.3. The lowest BCUT2D eigenvalue weighted by molar-refractivity contribution is -0.137. The van der Waals surface area contributed by atoms with E-state index < -0.39 is 6.17 Å². The number of hydrogen-bond donors (Lipinski definition) is 0. The van der Waals surface area contributed by atoms with Gasteiger partial charge in [-0.2, -0.15) is 4.98 Å². The molecule has 3 unspecified atom stereocenters. The average molecular weight is 405 g/mol. The van der Waals surface area contributed by atoms with E-state index in [0.717, 1.165) is 42.4 Å². The molecule has 7 nitrogen and oxygen atoms in total. The molecule has 2 bridgehead atoms. The van der Waals surface area contributed by atoms with E-state index in [1.807, 2.05) is 0 Å². The lowest BCUT2D eigenvalue weighted by Gasteiger charge is -2.36. The minimum Gasteiger partial charge on any atom is -0.341 e. The predicted molar refractivity (Wildman–Crippen MR) is 103 cm³/mol. The number of hydrogen-bond acceptors (Lipinski definition) is 7. The van der Waals surface area contributed by atoms with Crippen LogP contribution >= 0.6 is 11.3 Å². The van der Waals surface area contributed by atoms with E-state index >= 15 is 0 Å². The standard InChI is InChI=1S/C19H24FN5O2S/c1-11(20)17-22-16(23-27-17)15-8-21-19(28-15)25-10-13-7-14(25)9-24(13)18(26)12-5-3-2-4-6-12/h8,11-14H,2-7,9-10H2,1H3. The number of nitrogens with zero attached hydrogens (tertiary/aromatic N) is 5. The van der Waals surface area contributed by atoms with E-state index in [4.69, 9.17) is 4.52 Å². The molecule has 3 atom stereocenters. The molecule has 0 aromatic carbocycles. The van der Waals surface area contributed by atoms with Gasteiger partial charge < -0.3 is 14.3 Å². The smallest absolute Gasteiger partial charge is 0.261 e. The third-order valence-electron chi connectivity index (χ3n) is 6.22. The van der Waals surface area contributed by atoms with Crippen molar-refractivity contribution in [2.45, 2.75) is 63.7 Å². The fourth-order valence-electron chi connectivity index (χ4n) is 4.75. The zero-order chi connectivity index (χ0) is 19.3. The maximum absolute atomic E-state index is 13.3. The van der Waals surface area contributed by atoms with Crippen molar-refractivity contribution in [3.8, 4) is 10.7 Å². The average Bonchev–Trinajstić information content (AvgIpc) is 3.50. The van der Waals surface area contributed by atoms with Crippen molar-refractivity contribution in [1.29, 1.82) is 0 Å². The Kier molecular flexibility index (Phi) is 4.57. The molecule has 2 aliphatic heterocycles. The molecule has 1 amide bonds. The Labute approximate surface area is 166 Å². The summed E-state index contributed by atoms with van der Waals surface area (Å²) in [6.45, 7) is 2.99. The van der Waals surface area contributed by atoms with Gasteiger partial charge in [-0.1, -0.05) is 35.8 Å². The third-order valence-corrected chi connectivity index (χ3v) is 7.25. The first kappa shape index (κ1) is 18.0. The second-order valence-electron chi connectivity index (χ2n) is 8.10. The molecule has 0 N–H and O–H groups in total. The van der Waals surface area contributed by atoms with Gasteiger partial charge in [0.15, 0.2) is 11.3 Å². The fourth-order valence-corrected chi connectivity index (χ4v) is 5.68. The quantitative estimate of drug-likeness (QED) is 0.774. The first-order valence-corrected chi connectivity index (χ1v) is 10.9. The Bertz CT molecular complexity index is 862. The maximum Gasteiger partial charge on any atom is 0.261 e. The van der Waals surface area contributed by atoms with Gasteiger partial charge in [-0.15, -0.1) is 0 Å². The monoisotopic (exact) mass is 405 g/mol. The molecule has 150 valence electrons.